The van der Waals surface area contributed by atoms with E-state index in [4.69, 9.17) is 16.2 Å². The fraction of sp³-hybridized carbons (Fsp3) is 0.250. The molecule has 1 atom stereocenters. The van der Waals surface area contributed by atoms with Crippen molar-refractivity contribution in [1.29, 1.82) is 0 Å². The first-order chi connectivity index (χ1) is 5.91. The van der Waals surface area contributed by atoms with Gasteiger partial charge in [0.05, 0.1) is 0 Å². The maximum Gasteiger partial charge on any atom is 0.271 e. The van der Waals surface area contributed by atoms with Gasteiger partial charge in [0.1, 0.15) is 5.25 Å². The molecule has 0 heterocycles. The largest absolute Gasteiger partial charge is 0.285 e. The molecule has 0 saturated carbocycles. The Balaban J connectivity index is 3.04. The molecule has 0 aromatic heterocycles. The van der Waals surface area contributed by atoms with Gasteiger partial charge in [0, 0.05) is 5.02 Å². The van der Waals surface area contributed by atoms with Gasteiger partial charge in [-0.2, -0.15) is 8.42 Å². The van der Waals surface area contributed by atoms with Crippen LogP contribution in [0.5, 0.6) is 0 Å². The summed E-state index contributed by atoms with van der Waals surface area (Å²) in [7, 11) is -4.01. The lowest BCUT2D eigenvalue weighted by molar-refractivity contribution is 0.472. The summed E-state index contributed by atoms with van der Waals surface area (Å²) in [6, 6.07) is 6.30. The van der Waals surface area contributed by atoms with E-state index >= 15 is 0 Å². The molecule has 0 radical (unpaired) electrons. The number of rotatable bonds is 2. The third-order valence-corrected chi connectivity index (χ3v) is 3.20. The van der Waals surface area contributed by atoms with Crippen LogP contribution in [0.1, 0.15) is 17.7 Å². The Kier molecular flexibility index (Phi) is 2.95. The van der Waals surface area contributed by atoms with E-state index in [0.29, 0.717) is 10.6 Å². The van der Waals surface area contributed by atoms with Gasteiger partial charge >= 0.3 is 0 Å². The van der Waals surface area contributed by atoms with Crippen LogP contribution in [0.4, 0.5) is 0 Å². The molecule has 0 saturated heterocycles. The Labute approximate surface area is 82.1 Å². The van der Waals surface area contributed by atoms with Gasteiger partial charge in [0.15, 0.2) is 0 Å². The lowest BCUT2D eigenvalue weighted by Gasteiger charge is -2.07. The highest BCUT2D eigenvalue weighted by Gasteiger charge is 2.18. The van der Waals surface area contributed by atoms with E-state index < -0.39 is 15.4 Å². The summed E-state index contributed by atoms with van der Waals surface area (Å²) in [5, 5.41) is -0.379. The molecular weight excluding hydrogens is 212 g/mol. The molecule has 3 nitrogen and oxygen atoms in total. The number of halogens is 1. The molecule has 13 heavy (non-hydrogen) atoms. The molecular formula is C8H9ClO3S. The van der Waals surface area contributed by atoms with E-state index in [0.717, 1.165) is 0 Å². The van der Waals surface area contributed by atoms with Gasteiger partial charge in [-0.1, -0.05) is 23.7 Å². The van der Waals surface area contributed by atoms with Crippen LogP contribution in [0.2, 0.25) is 5.02 Å². The zero-order chi connectivity index (χ0) is 10.1. The average Bonchev–Trinajstić information content (AvgIpc) is 2.03. The molecule has 0 aliphatic carbocycles. The van der Waals surface area contributed by atoms with Crippen molar-refractivity contribution < 1.29 is 13.0 Å². The van der Waals surface area contributed by atoms with Gasteiger partial charge in [-0.05, 0) is 24.6 Å². The Hall–Kier alpha value is -0.580. The minimum atomic E-state index is -4.01. The third kappa shape index (κ3) is 2.69. The van der Waals surface area contributed by atoms with Gasteiger partial charge in [-0.15, -0.1) is 0 Å². The van der Waals surface area contributed by atoms with Gasteiger partial charge in [0.2, 0.25) is 0 Å². The van der Waals surface area contributed by atoms with E-state index in [2.05, 4.69) is 0 Å². The van der Waals surface area contributed by atoms with E-state index in [1.165, 1.54) is 6.92 Å². The molecule has 1 rings (SSSR count). The molecule has 1 aromatic rings. The Morgan fingerprint density at radius 3 is 2.15 bits per heavy atom. The van der Waals surface area contributed by atoms with Crippen LogP contribution >= 0.6 is 11.6 Å². The molecule has 1 unspecified atom stereocenters. The quantitative estimate of drug-likeness (QED) is 0.778. The number of benzene rings is 1. The molecule has 0 amide bonds. The summed E-state index contributed by atoms with van der Waals surface area (Å²) in [6.45, 7) is 1.42. The smallest absolute Gasteiger partial charge is 0.271 e. The van der Waals surface area contributed by atoms with E-state index in [-0.39, 0.29) is 0 Å². The number of hydrogen-bond donors (Lipinski definition) is 1. The van der Waals surface area contributed by atoms with Crippen LogP contribution < -0.4 is 0 Å². The van der Waals surface area contributed by atoms with Crippen molar-refractivity contribution in [3.8, 4) is 0 Å². The standard InChI is InChI=1S/C8H9ClO3S/c1-6(13(10,11)12)7-2-4-8(9)5-3-7/h2-6H,1H3,(H,10,11,12). The van der Waals surface area contributed by atoms with E-state index in [9.17, 15) is 8.42 Å². The summed E-state index contributed by atoms with van der Waals surface area (Å²) in [6.07, 6.45) is 0. The summed E-state index contributed by atoms with van der Waals surface area (Å²) in [5.74, 6) is 0. The second kappa shape index (κ2) is 3.65. The predicted octanol–water partition coefficient (Wildman–Crippen LogP) is 2.29. The van der Waals surface area contributed by atoms with Crippen LogP contribution in [-0.4, -0.2) is 13.0 Å². The fourth-order valence-corrected chi connectivity index (χ4v) is 1.53. The van der Waals surface area contributed by atoms with Crippen molar-refractivity contribution in [2.24, 2.45) is 0 Å². The van der Waals surface area contributed by atoms with Gasteiger partial charge in [-0.25, -0.2) is 0 Å². The SMILES string of the molecule is CC(c1ccc(Cl)cc1)S(=O)(=O)O. The predicted molar refractivity (Wildman–Crippen MR) is 51.4 cm³/mol. The second-order valence-corrected chi connectivity index (χ2v) is 4.88. The average molecular weight is 221 g/mol. The molecule has 1 aromatic carbocycles. The number of hydrogen-bond acceptors (Lipinski definition) is 2. The highest BCUT2D eigenvalue weighted by molar-refractivity contribution is 7.86. The minimum Gasteiger partial charge on any atom is -0.285 e. The monoisotopic (exact) mass is 220 g/mol. The lowest BCUT2D eigenvalue weighted by Crippen LogP contribution is -2.07. The molecule has 0 spiro atoms. The molecule has 1 N–H and O–H groups in total. The highest BCUT2D eigenvalue weighted by Crippen LogP contribution is 2.21. The minimum absolute atomic E-state index is 0.520. The molecule has 0 bridgehead atoms. The van der Waals surface area contributed by atoms with Crippen molar-refractivity contribution in [2.45, 2.75) is 12.2 Å². The van der Waals surface area contributed by atoms with Crippen LogP contribution in [0, 0.1) is 0 Å². The van der Waals surface area contributed by atoms with Gasteiger partial charge in [-0.3, -0.25) is 4.55 Å². The highest BCUT2D eigenvalue weighted by atomic mass is 35.5. The Morgan fingerprint density at radius 2 is 1.77 bits per heavy atom. The van der Waals surface area contributed by atoms with Crippen molar-refractivity contribution in [1.82, 2.24) is 0 Å². The van der Waals surface area contributed by atoms with E-state index in [1.807, 2.05) is 0 Å². The third-order valence-electron chi connectivity index (χ3n) is 1.79. The lowest BCUT2D eigenvalue weighted by atomic mass is 10.2. The molecule has 5 heteroatoms. The topological polar surface area (TPSA) is 54.4 Å². The summed E-state index contributed by atoms with van der Waals surface area (Å²) < 4.78 is 30.2. The van der Waals surface area contributed by atoms with Gasteiger partial charge in [0.25, 0.3) is 10.1 Å². The van der Waals surface area contributed by atoms with Gasteiger partial charge < -0.3 is 0 Å². The van der Waals surface area contributed by atoms with Crippen molar-refractivity contribution in [3.05, 3.63) is 34.9 Å². The van der Waals surface area contributed by atoms with Crippen LogP contribution in [-0.2, 0) is 10.1 Å². The Bertz CT molecular complexity index is 382. The van der Waals surface area contributed by atoms with Crippen molar-refractivity contribution >= 4 is 21.7 Å². The first-order valence-electron chi connectivity index (χ1n) is 3.63. The Morgan fingerprint density at radius 1 is 1.31 bits per heavy atom. The normalized spacial score (nSPS) is 14.1. The van der Waals surface area contributed by atoms with Crippen molar-refractivity contribution in [3.63, 3.8) is 0 Å². The van der Waals surface area contributed by atoms with E-state index in [1.54, 1.807) is 24.3 Å². The molecule has 0 aliphatic heterocycles. The second-order valence-electron chi connectivity index (χ2n) is 2.71. The first-order valence-corrected chi connectivity index (χ1v) is 5.51. The summed E-state index contributed by atoms with van der Waals surface area (Å²) >= 11 is 5.62. The molecule has 72 valence electrons. The van der Waals surface area contributed by atoms with Crippen LogP contribution in [0.15, 0.2) is 24.3 Å². The zero-order valence-corrected chi connectivity index (χ0v) is 8.51. The zero-order valence-electron chi connectivity index (χ0n) is 6.94. The maximum absolute atomic E-state index is 10.7. The molecule has 0 fully saturated rings. The first kappa shape index (κ1) is 10.5. The fourth-order valence-electron chi connectivity index (χ4n) is 0.906. The van der Waals surface area contributed by atoms with Crippen LogP contribution in [0.3, 0.4) is 0 Å². The summed E-state index contributed by atoms with van der Waals surface area (Å²) in [5.41, 5.74) is 0.520. The van der Waals surface area contributed by atoms with Crippen LogP contribution in [0.25, 0.3) is 0 Å². The summed E-state index contributed by atoms with van der Waals surface area (Å²) in [4.78, 5) is 0. The maximum atomic E-state index is 10.7. The van der Waals surface area contributed by atoms with Crippen molar-refractivity contribution in [2.75, 3.05) is 0 Å². The molecule has 0 aliphatic rings.